The van der Waals surface area contributed by atoms with Crippen molar-refractivity contribution < 1.29 is 4.39 Å². The molecule has 0 bridgehead atoms. The highest BCUT2D eigenvalue weighted by Crippen LogP contribution is 2.16. The quantitative estimate of drug-likeness (QED) is 0.589. The largest absolute Gasteiger partial charge is 0.309 e. The molecular weight excluding hydrogens is 235 g/mol. The van der Waals surface area contributed by atoms with Crippen molar-refractivity contribution in [1.29, 1.82) is 5.26 Å². The van der Waals surface area contributed by atoms with Gasteiger partial charge in [0.25, 0.3) is 0 Å². The van der Waals surface area contributed by atoms with E-state index < -0.39 is 0 Å². The standard InChI is InChI=1S/C9H8BrFN2/c1-13(6-12)5-7-4-8(10)2-3-9(7)11/h2-4H,5H2,1H3. The third-order valence-electron chi connectivity index (χ3n) is 1.59. The fourth-order valence-electron chi connectivity index (χ4n) is 0.955. The third-order valence-corrected chi connectivity index (χ3v) is 2.08. The predicted molar refractivity (Wildman–Crippen MR) is 51.2 cm³/mol. The molecule has 0 atom stereocenters. The van der Waals surface area contributed by atoms with E-state index in [1.165, 1.54) is 11.0 Å². The molecule has 1 aromatic carbocycles. The molecule has 0 amide bonds. The van der Waals surface area contributed by atoms with E-state index in [0.29, 0.717) is 12.1 Å². The van der Waals surface area contributed by atoms with Crippen molar-refractivity contribution in [3.8, 4) is 6.19 Å². The van der Waals surface area contributed by atoms with E-state index in [1.807, 2.05) is 6.19 Å². The first-order valence-corrected chi connectivity index (χ1v) is 4.47. The molecule has 0 aliphatic carbocycles. The lowest BCUT2D eigenvalue weighted by atomic mass is 10.2. The SMILES string of the molecule is CN(C#N)Cc1cc(Br)ccc1F. The van der Waals surface area contributed by atoms with Crippen molar-refractivity contribution in [2.24, 2.45) is 0 Å². The summed E-state index contributed by atoms with van der Waals surface area (Å²) in [6, 6.07) is 4.68. The second-order valence-electron chi connectivity index (χ2n) is 2.69. The van der Waals surface area contributed by atoms with Crippen molar-refractivity contribution in [2.75, 3.05) is 7.05 Å². The van der Waals surface area contributed by atoms with Crippen LogP contribution in [0, 0.1) is 17.3 Å². The molecule has 0 N–H and O–H groups in total. The summed E-state index contributed by atoms with van der Waals surface area (Å²) in [5.74, 6) is -0.287. The Morgan fingerprint density at radius 1 is 1.62 bits per heavy atom. The average molecular weight is 243 g/mol. The van der Waals surface area contributed by atoms with Crippen LogP contribution in [-0.2, 0) is 6.54 Å². The Balaban J connectivity index is 2.88. The number of rotatable bonds is 2. The zero-order valence-corrected chi connectivity index (χ0v) is 8.68. The summed E-state index contributed by atoms with van der Waals surface area (Å²) in [6.07, 6.45) is 1.91. The maximum absolute atomic E-state index is 13.1. The fourth-order valence-corrected chi connectivity index (χ4v) is 1.36. The molecule has 0 aromatic heterocycles. The average Bonchev–Trinajstić information content (AvgIpc) is 2.11. The van der Waals surface area contributed by atoms with Gasteiger partial charge in [0.2, 0.25) is 0 Å². The number of nitriles is 1. The lowest BCUT2D eigenvalue weighted by molar-refractivity contribution is 0.453. The van der Waals surface area contributed by atoms with E-state index >= 15 is 0 Å². The van der Waals surface area contributed by atoms with Gasteiger partial charge in [-0.3, -0.25) is 0 Å². The summed E-state index contributed by atoms with van der Waals surface area (Å²) in [7, 11) is 1.61. The summed E-state index contributed by atoms with van der Waals surface area (Å²) in [5, 5.41) is 8.50. The minimum Gasteiger partial charge on any atom is -0.309 e. The second kappa shape index (κ2) is 4.24. The molecule has 0 spiro atoms. The molecule has 0 aliphatic heterocycles. The Hall–Kier alpha value is -1.08. The van der Waals surface area contributed by atoms with Gasteiger partial charge in [-0.1, -0.05) is 15.9 Å². The van der Waals surface area contributed by atoms with E-state index in [2.05, 4.69) is 15.9 Å². The minimum absolute atomic E-state index is 0.287. The maximum atomic E-state index is 13.1. The zero-order valence-electron chi connectivity index (χ0n) is 7.09. The molecular formula is C9H8BrFN2. The molecule has 0 fully saturated rings. The smallest absolute Gasteiger partial charge is 0.179 e. The highest BCUT2D eigenvalue weighted by molar-refractivity contribution is 9.10. The van der Waals surface area contributed by atoms with E-state index in [0.717, 1.165) is 4.47 Å². The van der Waals surface area contributed by atoms with Gasteiger partial charge in [-0.25, -0.2) is 4.39 Å². The van der Waals surface area contributed by atoms with Crippen LogP contribution in [0.5, 0.6) is 0 Å². The number of halogens is 2. The van der Waals surface area contributed by atoms with E-state index in [4.69, 9.17) is 5.26 Å². The first kappa shape index (κ1) is 10.0. The van der Waals surface area contributed by atoms with Crippen molar-refractivity contribution in [2.45, 2.75) is 6.54 Å². The molecule has 0 saturated carbocycles. The molecule has 0 saturated heterocycles. The van der Waals surface area contributed by atoms with Crippen molar-refractivity contribution in [1.82, 2.24) is 4.90 Å². The van der Waals surface area contributed by atoms with Gasteiger partial charge in [0.1, 0.15) is 5.82 Å². The lowest BCUT2D eigenvalue weighted by Gasteiger charge is -2.09. The molecule has 4 heteroatoms. The number of hydrogen-bond acceptors (Lipinski definition) is 2. The Bertz CT molecular complexity index is 346. The maximum Gasteiger partial charge on any atom is 0.179 e. The normalized spacial score (nSPS) is 9.38. The lowest BCUT2D eigenvalue weighted by Crippen LogP contribution is -2.11. The highest BCUT2D eigenvalue weighted by Gasteiger charge is 2.04. The van der Waals surface area contributed by atoms with Gasteiger partial charge < -0.3 is 4.90 Å². The van der Waals surface area contributed by atoms with E-state index in [-0.39, 0.29) is 5.82 Å². The number of nitrogens with zero attached hydrogens (tertiary/aromatic N) is 2. The Morgan fingerprint density at radius 2 is 2.31 bits per heavy atom. The van der Waals surface area contributed by atoms with Crippen LogP contribution in [0.3, 0.4) is 0 Å². The first-order chi connectivity index (χ1) is 6.13. The number of benzene rings is 1. The molecule has 2 nitrogen and oxygen atoms in total. The Kier molecular flexibility index (Phi) is 3.26. The van der Waals surface area contributed by atoms with Gasteiger partial charge in [-0.15, -0.1) is 0 Å². The third kappa shape index (κ3) is 2.71. The van der Waals surface area contributed by atoms with E-state index in [9.17, 15) is 4.39 Å². The zero-order chi connectivity index (χ0) is 9.84. The summed E-state index contributed by atoms with van der Waals surface area (Å²) < 4.78 is 13.9. The Labute approximate surface area is 84.7 Å². The second-order valence-corrected chi connectivity index (χ2v) is 3.61. The van der Waals surface area contributed by atoms with Crippen LogP contribution in [0.2, 0.25) is 0 Å². The highest BCUT2D eigenvalue weighted by atomic mass is 79.9. The van der Waals surface area contributed by atoms with Crippen LogP contribution >= 0.6 is 15.9 Å². The predicted octanol–water partition coefficient (Wildman–Crippen LogP) is 2.50. The monoisotopic (exact) mass is 242 g/mol. The van der Waals surface area contributed by atoms with Crippen molar-refractivity contribution >= 4 is 15.9 Å². The summed E-state index contributed by atoms with van der Waals surface area (Å²) in [5.41, 5.74) is 0.512. The van der Waals surface area contributed by atoms with Gasteiger partial charge in [0.05, 0.1) is 6.54 Å². The van der Waals surface area contributed by atoms with Crippen LogP contribution in [0.25, 0.3) is 0 Å². The van der Waals surface area contributed by atoms with Crippen LogP contribution in [0.15, 0.2) is 22.7 Å². The summed E-state index contributed by atoms with van der Waals surface area (Å²) in [6.45, 7) is 0.293. The van der Waals surface area contributed by atoms with Gasteiger partial charge >= 0.3 is 0 Å². The minimum atomic E-state index is -0.287. The fraction of sp³-hybridized carbons (Fsp3) is 0.222. The molecule has 68 valence electrons. The van der Waals surface area contributed by atoms with Crippen LogP contribution in [0.4, 0.5) is 4.39 Å². The van der Waals surface area contributed by atoms with Gasteiger partial charge in [-0.2, -0.15) is 5.26 Å². The molecule has 0 unspecified atom stereocenters. The van der Waals surface area contributed by atoms with Gasteiger partial charge in [0.15, 0.2) is 6.19 Å². The van der Waals surface area contributed by atoms with Crippen molar-refractivity contribution in [3.63, 3.8) is 0 Å². The number of hydrogen-bond donors (Lipinski definition) is 0. The van der Waals surface area contributed by atoms with Gasteiger partial charge in [0, 0.05) is 17.1 Å². The van der Waals surface area contributed by atoms with Crippen LogP contribution < -0.4 is 0 Å². The Morgan fingerprint density at radius 3 is 2.92 bits per heavy atom. The molecule has 0 radical (unpaired) electrons. The molecule has 13 heavy (non-hydrogen) atoms. The first-order valence-electron chi connectivity index (χ1n) is 3.68. The van der Waals surface area contributed by atoms with Crippen molar-refractivity contribution in [3.05, 3.63) is 34.1 Å². The van der Waals surface area contributed by atoms with Crippen LogP contribution in [0.1, 0.15) is 5.56 Å². The molecule has 0 aliphatic rings. The molecule has 1 rings (SSSR count). The topological polar surface area (TPSA) is 27.0 Å². The summed E-state index contributed by atoms with van der Waals surface area (Å²) >= 11 is 3.24. The van der Waals surface area contributed by atoms with Crippen LogP contribution in [-0.4, -0.2) is 11.9 Å². The van der Waals surface area contributed by atoms with Gasteiger partial charge in [-0.05, 0) is 18.2 Å². The van der Waals surface area contributed by atoms with E-state index in [1.54, 1.807) is 19.2 Å². The summed E-state index contributed by atoms with van der Waals surface area (Å²) in [4.78, 5) is 1.37. The molecule has 1 aromatic rings. The molecule has 0 heterocycles.